The van der Waals surface area contributed by atoms with Crippen molar-refractivity contribution in [1.29, 1.82) is 0 Å². The highest BCUT2D eigenvalue weighted by Crippen LogP contribution is 2.21. The fraction of sp³-hybridized carbons (Fsp3) is 0.571. The van der Waals surface area contributed by atoms with Gasteiger partial charge in [0.25, 0.3) is 0 Å². The number of nitrogens with zero attached hydrogens (tertiary/aromatic N) is 1. The first kappa shape index (κ1) is 11.9. The van der Waals surface area contributed by atoms with Crippen molar-refractivity contribution in [3.63, 3.8) is 0 Å². The molecule has 3 aliphatic heterocycles. The van der Waals surface area contributed by atoms with Gasteiger partial charge in [-0.15, -0.1) is 0 Å². The highest BCUT2D eigenvalue weighted by atomic mass is 19.1. The van der Waals surface area contributed by atoms with E-state index in [0.717, 1.165) is 25.4 Å². The number of piperazine rings is 1. The molecule has 2 atom stereocenters. The van der Waals surface area contributed by atoms with E-state index < -0.39 is 0 Å². The van der Waals surface area contributed by atoms with Crippen molar-refractivity contribution in [2.75, 3.05) is 26.2 Å². The van der Waals surface area contributed by atoms with Gasteiger partial charge in [-0.05, 0) is 37.1 Å². The molecule has 4 heteroatoms. The maximum Gasteiger partial charge on any atom is 0.123 e. The maximum atomic E-state index is 12.7. The minimum absolute atomic E-state index is 0.221. The summed E-state index contributed by atoms with van der Waals surface area (Å²) in [6, 6.07) is 7.57. The topological polar surface area (TPSA) is 24.5 Å². The van der Waals surface area contributed by atoms with Crippen molar-refractivity contribution in [1.82, 2.24) is 10.2 Å². The average Bonchev–Trinajstić information content (AvgIpc) is 2.42. The lowest BCUT2D eigenvalue weighted by molar-refractivity contribution is 0.0625. The molecule has 0 saturated carbocycles. The van der Waals surface area contributed by atoms with Crippen LogP contribution < -0.4 is 10.1 Å². The Morgan fingerprint density at radius 1 is 1.28 bits per heavy atom. The first-order valence-corrected chi connectivity index (χ1v) is 6.67. The fourth-order valence-electron chi connectivity index (χ4n) is 2.89. The van der Waals surface area contributed by atoms with Gasteiger partial charge in [0.1, 0.15) is 18.2 Å². The Hall–Kier alpha value is -1.13. The van der Waals surface area contributed by atoms with Gasteiger partial charge in [0.05, 0.1) is 0 Å². The summed E-state index contributed by atoms with van der Waals surface area (Å²) in [5.74, 6) is 0.526. The molecule has 3 aliphatic rings. The van der Waals surface area contributed by atoms with Crippen LogP contribution in [0, 0.1) is 5.82 Å². The number of nitrogens with one attached hydrogen (secondary N) is 1. The van der Waals surface area contributed by atoms with E-state index in [1.54, 1.807) is 12.1 Å². The number of hydrogen-bond acceptors (Lipinski definition) is 3. The smallest absolute Gasteiger partial charge is 0.123 e. The van der Waals surface area contributed by atoms with Crippen LogP contribution in [0.2, 0.25) is 0 Å². The monoisotopic (exact) mass is 250 g/mol. The van der Waals surface area contributed by atoms with Crippen LogP contribution in [0.15, 0.2) is 24.3 Å². The molecule has 98 valence electrons. The number of benzene rings is 1. The molecular weight excluding hydrogens is 231 g/mol. The molecule has 0 aliphatic carbocycles. The zero-order valence-electron chi connectivity index (χ0n) is 10.4. The summed E-state index contributed by atoms with van der Waals surface area (Å²) in [4.78, 5) is 2.51. The summed E-state index contributed by atoms with van der Waals surface area (Å²) in [6.45, 7) is 3.88. The molecule has 1 aromatic carbocycles. The van der Waals surface area contributed by atoms with Gasteiger partial charge in [-0.3, -0.25) is 4.90 Å². The van der Waals surface area contributed by atoms with Crippen molar-refractivity contribution >= 4 is 0 Å². The van der Waals surface area contributed by atoms with E-state index in [4.69, 9.17) is 4.74 Å². The Balaban J connectivity index is 1.46. The van der Waals surface area contributed by atoms with E-state index in [-0.39, 0.29) is 5.82 Å². The SMILES string of the molecule is Fc1ccc(OCCN2C[C@@H]3CC[C@H]2CN3)cc1. The number of halogens is 1. The number of hydrogen-bond donors (Lipinski definition) is 1. The molecule has 3 fully saturated rings. The number of fused-ring (bicyclic) bond motifs is 3. The zero-order valence-corrected chi connectivity index (χ0v) is 10.4. The molecule has 1 aromatic rings. The lowest BCUT2D eigenvalue weighted by Crippen LogP contribution is -2.61. The normalized spacial score (nSPS) is 27.4. The number of rotatable bonds is 4. The summed E-state index contributed by atoms with van der Waals surface area (Å²) in [7, 11) is 0. The summed E-state index contributed by atoms with van der Waals surface area (Å²) in [6.07, 6.45) is 2.61. The van der Waals surface area contributed by atoms with Crippen LogP contribution in [0.25, 0.3) is 0 Å². The molecule has 3 heterocycles. The second-order valence-electron chi connectivity index (χ2n) is 5.13. The first-order chi connectivity index (χ1) is 8.81. The number of ether oxygens (including phenoxy) is 1. The average molecular weight is 250 g/mol. The molecule has 18 heavy (non-hydrogen) atoms. The van der Waals surface area contributed by atoms with E-state index in [2.05, 4.69) is 10.2 Å². The second kappa shape index (κ2) is 5.24. The van der Waals surface area contributed by atoms with Gasteiger partial charge in [0.2, 0.25) is 0 Å². The van der Waals surface area contributed by atoms with Crippen LogP contribution in [0.4, 0.5) is 4.39 Å². The standard InChI is InChI=1S/C14H19FN2O/c15-11-1-5-14(6-2-11)18-8-7-17-10-12-3-4-13(17)9-16-12/h1-2,5-6,12-13,16H,3-4,7-10H2/t12-,13-/m0/s1. The Morgan fingerprint density at radius 3 is 2.72 bits per heavy atom. The minimum atomic E-state index is -0.221. The van der Waals surface area contributed by atoms with Gasteiger partial charge in [-0.1, -0.05) is 0 Å². The van der Waals surface area contributed by atoms with Crippen LogP contribution >= 0.6 is 0 Å². The van der Waals surface area contributed by atoms with E-state index in [1.165, 1.54) is 25.0 Å². The second-order valence-corrected chi connectivity index (χ2v) is 5.13. The lowest BCUT2D eigenvalue weighted by Gasteiger charge is -2.45. The van der Waals surface area contributed by atoms with Gasteiger partial charge in [-0.2, -0.15) is 0 Å². The third-order valence-electron chi connectivity index (χ3n) is 3.92. The molecular formula is C14H19FN2O. The summed E-state index contributed by atoms with van der Waals surface area (Å²) >= 11 is 0. The molecule has 0 amide bonds. The molecule has 3 saturated heterocycles. The van der Waals surface area contributed by atoms with E-state index in [0.29, 0.717) is 18.7 Å². The largest absolute Gasteiger partial charge is 0.492 e. The molecule has 0 spiro atoms. The summed E-state index contributed by atoms with van der Waals surface area (Å²) < 4.78 is 18.4. The summed E-state index contributed by atoms with van der Waals surface area (Å²) in [5, 5.41) is 3.54. The Morgan fingerprint density at radius 2 is 2.11 bits per heavy atom. The van der Waals surface area contributed by atoms with Crippen molar-refractivity contribution in [3.05, 3.63) is 30.1 Å². The fourth-order valence-corrected chi connectivity index (χ4v) is 2.89. The Labute approximate surface area is 107 Å². The van der Waals surface area contributed by atoms with Crippen molar-refractivity contribution in [2.45, 2.75) is 24.9 Å². The van der Waals surface area contributed by atoms with Crippen molar-refractivity contribution < 1.29 is 9.13 Å². The molecule has 0 radical (unpaired) electrons. The highest BCUT2D eigenvalue weighted by molar-refractivity contribution is 5.21. The van der Waals surface area contributed by atoms with Crippen LogP contribution in [0.1, 0.15) is 12.8 Å². The van der Waals surface area contributed by atoms with E-state index in [9.17, 15) is 4.39 Å². The van der Waals surface area contributed by atoms with Crippen LogP contribution in [0.5, 0.6) is 5.75 Å². The third-order valence-corrected chi connectivity index (χ3v) is 3.92. The predicted molar refractivity (Wildman–Crippen MR) is 68.3 cm³/mol. The van der Waals surface area contributed by atoms with E-state index in [1.807, 2.05) is 0 Å². The lowest BCUT2D eigenvalue weighted by atomic mass is 9.93. The first-order valence-electron chi connectivity index (χ1n) is 6.67. The maximum absolute atomic E-state index is 12.7. The molecule has 1 N–H and O–H groups in total. The number of piperidine rings is 2. The van der Waals surface area contributed by atoms with Crippen LogP contribution in [0.3, 0.4) is 0 Å². The van der Waals surface area contributed by atoms with Crippen molar-refractivity contribution in [3.8, 4) is 5.75 Å². The van der Waals surface area contributed by atoms with Gasteiger partial charge in [0.15, 0.2) is 0 Å². The van der Waals surface area contributed by atoms with Crippen LogP contribution in [-0.2, 0) is 0 Å². The highest BCUT2D eigenvalue weighted by Gasteiger charge is 2.32. The quantitative estimate of drug-likeness (QED) is 0.879. The molecule has 0 aromatic heterocycles. The van der Waals surface area contributed by atoms with Crippen LogP contribution in [-0.4, -0.2) is 43.2 Å². The van der Waals surface area contributed by atoms with Gasteiger partial charge >= 0.3 is 0 Å². The van der Waals surface area contributed by atoms with Crippen molar-refractivity contribution in [2.24, 2.45) is 0 Å². The molecule has 3 nitrogen and oxygen atoms in total. The summed E-state index contributed by atoms with van der Waals surface area (Å²) in [5.41, 5.74) is 0. The molecule has 2 bridgehead atoms. The molecule has 0 unspecified atom stereocenters. The van der Waals surface area contributed by atoms with Gasteiger partial charge < -0.3 is 10.1 Å². The Kier molecular flexibility index (Phi) is 3.48. The zero-order chi connectivity index (χ0) is 12.4. The van der Waals surface area contributed by atoms with Gasteiger partial charge in [0, 0.05) is 31.7 Å². The van der Waals surface area contributed by atoms with E-state index >= 15 is 0 Å². The Bertz CT molecular complexity index is 387. The predicted octanol–water partition coefficient (Wildman–Crippen LogP) is 1.64. The van der Waals surface area contributed by atoms with Gasteiger partial charge in [-0.25, -0.2) is 4.39 Å². The molecule has 4 rings (SSSR count). The third kappa shape index (κ3) is 2.65. The minimum Gasteiger partial charge on any atom is -0.492 e.